The third-order valence-corrected chi connectivity index (χ3v) is 5.51. The van der Waals surface area contributed by atoms with Crippen LogP contribution < -0.4 is 10.1 Å². The van der Waals surface area contributed by atoms with Gasteiger partial charge in [0.25, 0.3) is 5.91 Å². The number of hydrogen-bond acceptors (Lipinski definition) is 3. The van der Waals surface area contributed by atoms with Gasteiger partial charge in [0, 0.05) is 19.5 Å². The van der Waals surface area contributed by atoms with Crippen LogP contribution in [0.2, 0.25) is 0 Å². The number of nitrogens with zero attached hydrogens (tertiary/aromatic N) is 1. The standard InChI is InChI=1S/C28H32N2O3/c1-3-22-15-17-25(18-16-22)33-21-27(31)30(20-24-13-9-6-10-14-24)26(28(32)29-4-2)19-23-11-7-5-8-12-23/h5-18,26H,3-4,19-21H2,1-2H3,(H,29,32)/t26-/m0/s1. The van der Waals surface area contributed by atoms with Crippen molar-refractivity contribution in [2.24, 2.45) is 0 Å². The highest BCUT2D eigenvalue weighted by molar-refractivity contribution is 5.88. The number of aryl methyl sites for hydroxylation is 1. The number of carbonyl (C=O) groups is 2. The summed E-state index contributed by atoms with van der Waals surface area (Å²) >= 11 is 0. The Morgan fingerprint density at radius 3 is 2.00 bits per heavy atom. The molecule has 5 nitrogen and oxygen atoms in total. The van der Waals surface area contributed by atoms with Crippen molar-refractivity contribution in [3.63, 3.8) is 0 Å². The molecule has 0 bridgehead atoms. The fraction of sp³-hybridized carbons (Fsp3) is 0.286. The van der Waals surface area contributed by atoms with Crippen molar-refractivity contribution in [2.75, 3.05) is 13.2 Å². The van der Waals surface area contributed by atoms with Crippen LogP contribution in [0.1, 0.15) is 30.5 Å². The maximum absolute atomic E-state index is 13.4. The number of carbonyl (C=O) groups excluding carboxylic acids is 2. The summed E-state index contributed by atoms with van der Waals surface area (Å²) in [6, 6.07) is 26.6. The third kappa shape index (κ3) is 7.21. The number of benzene rings is 3. The van der Waals surface area contributed by atoms with Crippen molar-refractivity contribution in [3.8, 4) is 5.75 Å². The average Bonchev–Trinajstić information content (AvgIpc) is 2.86. The third-order valence-electron chi connectivity index (χ3n) is 5.51. The summed E-state index contributed by atoms with van der Waals surface area (Å²) in [5.41, 5.74) is 3.16. The van der Waals surface area contributed by atoms with Crippen LogP contribution in [0.3, 0.4) is 0 Å². The molecule has 0 spiro atoms. The smallest absolute Gasteiger partial charge is 0.261 e. The van der Waals surface area contributed by atoms with Gasteiger partial charge in [-0.1, -0.05) is 79.7 Å². The van der Waals surface area contributed by atoms with Crippen LogP contribution in [0, 0.1) is 0 Å². The van der Waals surface area contributed by atoms with Crippen LogP contribution in [0.5, 0.6) is 5.75 Å². The van der Waals surface area contributed by atoms with Crippen molar-refractivity contribution in [2.45, 2.75) is 39.3 Å². The monoisotopic (exact) mass is 444 g/mol. The molecule has 5 heteroatoms. The Bertz CT molecular complexity index is 1000. The van der Waals surface area contributed by atoms with Crippen LogP contribution >= 0.6 is 0 Å². The second-order valence-electron chi connectivity index (χ2n) is 7.89. The molecule has 3 aromatic carbocycles. The first kappa shape index (κ1) is 24.1. The van der Waals surface area contributed by atoms with E-state index in [1.54, 1.807) is 4.90 Å². The zero-order valence-corrected chi connectivity index (χ0v) is 19.4. The Kier molecular flexibility index (Phi) is 9.07. The quantitative estimate of drug-likeness (QED) is 0.477. The number of nitrogens with one attached hydrogen (secondary N) is 1. The number of ether oxygens (including phenoxy) is 1. The molecule has 0 saturated carbocycles. The normalized spacial score (nSPS) is 11.5. The summed E-state index contributed by atoms with van der Waals surface area (Å²) in [5.74, 6) is 0.237. The predicted molar refractivity (Wildman–Crippen MR) is 131 cm³/mol. The van der Waals surface area contributed by atoms with Gasteiger partial charge in [0.2, 0.25) is 5.91 Å². The molecule has 0 fully saturated rings. The van der Waals surface area contributed by atoms with E-state index in [-0.39, 0.29) is 18.4 Å². The Morgan fingerprint density at radius 2 is 1.42 bits per heavy atom. The van der Waals surface area contributed by atoms with E-state index in [9.17, 15) is 9.59 Å². The second-order valence-corrected chi connectivity index (χ2v) is 7.89. The second kappa shape index (κ2) is 12.4. The average molecular weight is 445 g/mol. The van der Waals surface area contributed by atoms with Gasteiger partial charge < -0.3 is 15.0 Å². The summed E-state index contributed by atoms with van der Waals surface area (Å²) < 4.78 is 5.80. The van der Waals surface area contributed by atoms with Crippen LogP contribution in [-0.2, 0) is 29.0 Å². The fourth-order valence-corrected chi connectivity index (χ4v) is 3.68. The summed E-state index contributed by atoms with van der Waals surface area (Å²) in [6.45, 7) is 4.66. The van der Waals surface area contributed by atoms with E-state index in [1.165, 1.54) is 5.56 Å². The molecule has 0 aromatic heterocycles. The van der Waals surface area contributed by atoms with Gasteiger partial charge in [0.15, 0.2) is 6.61 Å². The highest BCUT2D eigenvalue weighted by Crippen LogP contribution is 2.17. The maximum atomic E-state index is 13.4. The van der Waals surface area contributed by atoms with Crippen LogP contribution in [0.4, 0.5) is 0 Å². The van der Waals surface area contributed by atoms with Crippen molar-refractivity contribution in [3.05, 3.63) is 102 Å². The lowest BCUT2D eigenvalue weighted by atomic mass is 10.0. The van der Waals surface area contributed by atoms with Gasteiger partial charge in [-0.05, 0) is 42.2 Å². The molecule has 2 amide bonds. The molecule has 172 valence electrons. The van der Waals surface area contributed by atoms with Crippen LogP contribution in [-0.4, -0.2) is 35.9 Å². The number of likely N-dealkylation sites (N-methyl/N-ethyl adjacent to an activating group) is 1. The predicted octanol–water partition coefficient (Wildman–Crippen LogP) is 4.40. The number of amides is 2. The summed E-state index contributed by atoms with van der Waals surface area (Å²) in [7, 11) is 0. The van der Waals surface area contributed by atoms with Crippen molar-refractivity contribution < 1.29 is 14.3 Å². The van der Waals surface area contributed by atoms with Crippen molar-refractivity contribution >= 4 is 11.8 Å². The molecule has 0 heterocycles. The summed E-state index contributed by atoms with van der Waals surface area (Å²) in [4.78, 5) is 28.1. The topological polar surface area (TPSA) is 58.6 Å². The van der Waals surface area contributed by atoms with Crippen LogP contribution in [0.25, 0.3) is 0 Å². The van der Waals surface area contributed by atoms with Crippen molar-refractivity contribution in [1.82, 2.24) is 10.2 Å². The number of hydrogen-bond donors (Lipinski definition) is 1. The lowest BCUT2D eigenvalue weighted by Gasteiger charge is -2.31. The maximum Gasteiger partial charge on any atom is 0.261 e. The zero-order chi connectivity index (χ0) is 23.5. The van der Waals surface area contributed by atoms with Gasteiger partial charge in [0.1, 0.15) is 11.8 Å². The van der Waals surface area contributed by atoms with Gasteiger partial charge in [-0.25, -0.2) is 0 Å². The van der Waals surface area contributed by atoms with E-state index in [2.05, 4.69) is 12.2 Å². The number of rotatable bonds is 11. The van der Waals surface area contributed by atoms with Gasteiger partial charge in [0.05, 0.1) is 0 Å². The largest absolute Gasteiger partial charge is 0.484 e. The Labute approximate surface area is 196 Å². The van der Waals surface area contributed by atoms with E-state index >= 15 is 0 Å². The summed E-state index contributed by atoms with van der Waals surface area (Å²) in [6.07, 6.45) is 1.37. The molecule has 0 radical (unpaired) electrons. The molecule has 0 unspecified atom stereocenters. The molecular formula is C28H32N2O3. The fourth-order valence-electron chi connectivity index (χ4n) is 3.68. The minimum absolute atomic E-state index is 0.136. The molecule has 0 aliphatic carbocycles. The van der Waals surface area contributed by atoms with Crippen molar-refractivity contribution in [1.29, 1.82) is 0 Å². The summed E-state index contributed by atoms with van der Waals surface area (Å²) in [5, 5.41) is 2.90. The Hall–Kier alpha value is -3.60. The molecule has 1 N–H and O–H groups in total. The Balaban J connectivity index is 1.84. The van der Waals surface area contributed by atoms with E-state index < -0.39 is 6.04 Å². The minimum Gasteiger partial charge on any atom is -0.484 e. The zero-order valence-electron chi connectivity index (χ0n) is 19.4. The molecule has 3 aromatic rings. The van der Waals surface area contributed by atoms with E-state index in [0.29, 0.717) is 25.3 Å². The highest BCUT2D eigenvalue weighted by atomic mass is 16.5. The van der Waals surface area contributed by atoms with Crippen LogP contribution in [0.15, 0.2) is 84.9 Å². The molecule has 33 heavy (non-hydrogen) atoms. The molecule has 3 rings (SSSR count). The van der Waals surface area contributed by atoms with E-state index in [4.69, 9.17) is 4.74 Å². The molecule has 1 atom stereocenters. The lowest BCUT2D eigenvalue weighted by Crippen LogP contribution is -2.51. The van der Waals surface area contributed by atoms with E-state index in [0.717, 1.165) is 17.5 Å². The lowest BCUT2D eigenvalue weighted by molar-refractivity contribution is -0.142. The van der Waals surface area contributed by atoms with E-state index in [1.807, 2.05) is 91.9 Å². The SMILES string of the molecule is CCNC(=O)[C@H](Cc1ccccc1)N(Cc1ccccc1)C(=O)COc1ccc(CC)cc1. The first-order chi connectivity index (χ1) is 16.1. The van der Waals surface area contributed by atoms with Gasteiger partial charge in [-0.15, -0.1) is 0 Å². The Morgan fingerprint density at radius 1 is 0.818 bits per heavy atom. The minimum atomic E-state index is -0.647. The first-order valence-electron chi connectivity index (χ1n) is 11.5. The van der Waals surface area contributed by atoms with Gasteiger partial charge in [-0.3, -0.25) is 9.59 Å². The molecular weight excluding hydrogens is 412 g/mol. The van der Waals surface area contributed by atoms with Gasteiger partial charge >= 0.3 is 0 Å². The molecule has 0 aliphatic rings. The highest BCUT2D eigenvalue weighted by Gasteiger charge is 2.30. The molecule has 0 saturated heterocycles. The van der Waals surface area contributed by atoms with Gasteiger partial charge in [-0.2, -0.15) is 0 Å². The first-order valence-corrected chi connectivity index (χ1v) is 11.5. The molecule has 0 aliphatic heterocycles.